The first-order chi connectivity index (χ1) is 8.22. The van der Waals surface area contributed by atoms with E-state index in [1.165, 1.54) is 12.1 Å². The molecule has 102 valence electrons. The van der Waals surface area contributed by atoms with Gasteiger partial charge in [-0.15, -0.1) is 13.2 Å². The standard InChI is InChI=1S/C13H18F3NO/c1-4-9-12(2,3)17-10-5-7-11(8-6-10)18-13(14,15)16/h5-8,17H,4,9H2,1-3H3. The lowest BCUT2D eigenvalue weighted by Crippen LogP contribution is -2.30. The summed E-state index contributed by atoms with van der Waals surface area (Å²) in [7, 11) is 0. The van der Waals surface area contributed by atoms with Gasteiger partial charge in [0.1, 0.15) is 5.75 Å². The van der Waals surface area contributed by atoms with Crippen LogP contribution in [-0.2, 0) is 0 Å². The van der Waals surface area contributed by atoms with Crippen LogP contribution in [0.2, 0.25) is 0 Å². The van der Waals surface area contributed by atoms with E-state index < -0.39 is 6.36 Å². The summed E-state index contributed by atoms with van der Waals surface area (Å²) in [6.45, 7) is 6.19. The van der Waals surface area contributed by atoms with Gasteiger partial charge in [0.25, 0.3) is 0 Å². The average Bonchev–Trinajstić information content (AvgIpc) is 2.18. The third kappa shape index (κ3) is 5.29. The van der Waals surface area contributed by atoms with Crippen molar-refractivity contribution in [2.75, 3.05) is 5.32 Å². The number of halogens is 3. The summed E-state index contributed by atoms with van der Waals surface area (Å²) in [6.07, 6.45) is -2.63. The first-order valence-corrected chi connectivity index (χ1v) is 5.86. The minimum Gasteiger partial charge on any atom is -0.406 e. The van der Waals surface area contributed by atoms with Gasteiger partial charge >= 0.3 is 6.36 Å². The van der Waals surface area contributed by atoms with E-state index in [0.29, 0.717) is 0 Å². The van der Waals surface area contributed by atoms with E-state index in [1.54, 1.807) is 12.1 Å². The molecule has 1 N–H and O–H groups in total. The smallest absolute Gasteiger partial charge is 0.406 e. The van der Waals surface area contributed by atoms with Crippen molar-refractivity contribution < 1.29 is 17.9 Å². The molecule has 0 spiro atoms. The molecule has 0 saturated carbocycles. The van der Waals surface area contributed by atoms with Crippen LogP contribution < -0.4 is 10.1 Å². The Morgan fingerprint density at radius 1 is 1.11 bits per heavy atom. The second-order valence-corrected chi connectivity index (χ2v) is 4.83. The van der Waals surface area contributed by atoms with E-state index >= 15 is 0 Å². The molecule has 5 heteroatoms. The van der Waals surface area contributed by atoms with Gasteiger partial charge in [0.05, 0.1) is 0 Å². The Balaban J connectivity index is 2.66. The average molecular weight is 261 g/mol. The zero-order chi connectivity index (χ0) is 13.8. The highest BCUT2D eigenvalue weighted by molar-refractivity contribution is 5.48. The predicted octanol–water partition coefficient (Wildman–Crippen LogP) is 4.58. The molecule has 0 bridgehead atoms. The molecule has 0 aliphatic rings. The fourth-order valence-electron chi connectivity index (χ4n) is 1.82. The number of hydrogen-bond acceptors (Lipinski definition) is 2. The van der Waals surface area contributed by atoms with Gasteiger partial charge in [-0.25, -0.2) is 0 Å². The fraction of sp³-hybridized carbons (Fsp3) is 0.538. The van der Waals surface area contributed by atoms with Crippen molar-refractivity contribution in [2.45, 2.75) is 45.5 Å². The molecule has 2 nitrogen and oxygen atoms in total. The van der Waals surface area contributed by atoms with Crippen LogP contribution in [0.15, 0.2) is 24.3 Å². The van der Waals surface area contributed by atoms with Crippen LogP contribution >= 0.6 is 0 Å². The summed E-state index contributed by atoms with van der Waals surface area (Å²) >= 11 is 0. The van der Waals surface area contributed by atoms with Crippen molar-refractivity contribution in [2.24, 2.45) is 0 Å². The predicted molar refractivity (Wildman–Crippen MR) is 65.7 cm³/mol. The van der Waals surface area contributed by atoms with Crippen LogP contribution in [0.4, 0.5) is 18.9 Å². The second kappa shape index (κ2) is 5.50. The van der Waals surface area contributed by atoms with Crippen LogP contribution in [0.25, 0.3) is 0 Å². The van der Waals surface area contributed by atoms with E-state index in [-0.39, 0.29) is 11.3 Å². The summed E-state index contributed by atoms with van der Waals surface area (Å²) in [5.74, 6) is -0.207. The van der Waals surface area contributed by atoms with Crippen molar-refractivity contribution in [3.63, 3.8) is 0 Å². The van der Waals surface area contributed by atoms with Crippen LogP contribution in [0, 0.1) is 0 Å². The van der Waals surface area contributed by atoms with Crippen molar-refractivity contribution in [3.8, 4) is 5.75 Å². The summed E-state index contributed by atoms with van der Waals surface area (Å²) < 4.78 is 39.7. The number of anilines is 1. The molecule has 1 rings (SSSR count). The van der Waals surface area contributed by atoms with Crippen molar-refractivity contribution >= 4 is 5.69 Å². The van der Waals surface area contributed by atoms with Crippen LogP contribution in [-0.4, -0.2) is 11.9 Å². The second-order valence-electron chi connectivity index (χ2n) is 4.83. The Labute approximate surface area is 105 Å². The molecule has 0 fully saturated rings. The number of rotatable bonds is 5. The van der Waals surface area contributed by atoms with E-state index in [4.69, 9.17) is 0 Å². The summed E-state index contributed by atoms with van der Waals surface area (Å²) in [4.78, 5) is 0. The van der Waals surface area contributed by atoms with Crippen LogP contribution in [0.1, 0.15) is 33.6 Å². The molecule has 0 radical (unpaired) electrons. The molecule has 0 aromatic heterocycles. The molecule has 0 aliphatic carbocycles. The lowest BCUT2D eigenvalue weighted by Gasteiger charge is -2.27. The van der Waals surface area contributed by atoms with E-state index in [0.717, 1.165) is 18.5 Å². The van der Waals surface area contributed by atoms with E-state index in [1.807, 2.05) is 0 Å². The maximum atomic E-state index is 12.0. The summed E-state index contributed by atoms with van der Waals surface area (Å²) in [6, 6.07) is 5.77. The number of alkyl halides is 3. The van der Waals surface area contributed by atoms with Gasteiger partial charge in [-0.05, 0) is 44.5 Å². The van der Waals surface area contributed by atoms with Gasteiger partial charge in [-0.3, -0.25) is 0 Å². The summed E-state index contributed by atoms with van der Waals surface area (Å²) in [5.41, 5.74) is 0.698. The number of hydrogen-bond donors (Lipinski definition) is 1. The van der Waals surface area contributed by atoms with E-state index in [2.05, 4.69) is 30.8 Å². The van der Waals surface area contributed by atoms with Gasteiger partial charge < -0.3 is 10.1 Å². The zero-order valence-electron chi connectivity index (χ0n) is 10.8. The minimum absolute atomic E-state index is 0.0822. The molecule has 18 heavy (non-hydrogen) atoms. The highest BCUT2D eigenvalue weighted by Crippen LogP contribution is 2.25. The molecule has 0 heterocycles. The topological polar surface area (TPSA) is 21.3 Å². The number of benzene rings is 1. The first kappa shape index (κ1) is 14.7. The fourth-order valence-corrected chi connectivity index (χ4v) is 1.82. The molecule has 0 amide bonds. The largest absolute Gasteiger partial charge is 0.573 e. The normalized spacial score (nSPS) is 12.3. The van der Waals surface area contributed by atoms with Crippen molar-refractivity contribution in [1.29, 1.82) is 0 Å². The molecular weight excluding hydrogens is 243 g/mol. The maximum Gasteiger partial charge on any atom is 0.573 e. The molecule has 0 atom stereocenters. The van der Waals surface area contributed by atoms with Crippen LogP contribution in [0.5, 0.6) is 5.75 Å². The molecule has 0 aliphatic heterocycles. The van der Waals surface area contributed by atoms with Gasteiger partial charge in [0.15, 0.2) is 0 Å². The third-order valence-electron chi connectivity index (χ3n) is 2.45. The Bertz CT molecular complexity index is 371. The van der Waals surface area contributed by atoms with Gasteiger partial charge in [-0.1, -0.05) is 13.3 Å². The van der Waals surface area contributed by atoms with Gasteiger partial charge in [0, 0.05) is 11.2 Å². The molecule has 1 aromatic carbocycles. The zero-order valence-corrected chi connectivity index (χ0v) is 10.8. The Morgan fingerprint density at radius 3 is 2.11 bits per heavy atom. The highest BCUT2D eigenvalue weighted by atomic mass is 19.4. The first-order valence-electron chi connectivity index (χ1n) is 5.86. The quantitative estimate of drug-likeness (QED) is 0.837. The Morgan fingerprint density at radius 2 is 1.67 bits per heavy atom. The Kier molecular flexibility index (Phi) is 4.48. The lowest BCUT2D eigenvalue weighted by atomic mass is 9.98. The number of ether oxygens (including phenoxy) is 1. The monoisotopic (exact) mass is 261 g/mol. The molecule has 0 unspecified atom stereocenters. The SMILES string of the molecule is CCCC(C)(C)Nc1ccc(OC(F)(F)F)cc1. The molecule has 0 saturated heterocycles. The lowest BCUT2D eigenvalue weighted by molar-refractivity contribution is -0.274. The minimum atomic E-state index is -4.64. The van der Waals surface area contributed by atoms with Crippen molar-refractivity contribution in [3.05, 3.63) is 24.3 Å². The van der Waals surface area contributed by atoms with E-state index in [9.17, 15) is 13.2 Å². The van der Waals surface area contributed by atoms with Crippen LogP contribution in [0.3, 0.4) is 0 Å². The maximum absolute atomic E-state index is 12.0. The van der Waals surface area contributed by atoms with Crippen molar-refractivity contribution in [1.82, 2.24) is 0 Å². The molecule has 1 aromatic rings. The number of nitrogens with one attached hydrogen (secondary N) is 1. The third-order valence-corrected chi connectivity index (χ3v) is 2.45. The highest BCUT2D eigenvalue weighted by Gasteiger charge is 2.31. The van der Waals surface area contributed by atoms with Gasteiger partial charge in [0.2, 0.25) is 0 Å². The Hall–Kier alpha value is -1.39. The summed E-state index contributed by atoms with van der Waals surface area (Å²) in [5, 5.41) is 3.27. The van der Waals surface area contributed by atoms with Gasteiger partial charge in [-0.2, -0.15) is 0 Å². The molecular formula is C13H18F3NO.